The summed E-state index contributed by atoms with van der Waals surface area (Å²) in [5.41, 5.74) is 0. The molecule has 2 aliphatic heterocycles. The molecule has 0 spiro atoms. The van der Waals surface area contributed by atoms with Crippen molar-refractivity contribution in [2.45, 2.75) is 38.1 Å². The summed E-state index contributed by atoms with van der Waals surface area (Å²) in [5.74, 6) is 0.988. The number of nitrogens with zero attached hydrogens (tertiary/aromatic N) is 4. The van der Waals surface area contributed by atoms with Gasteiger partial charge in [0.25, 0.3) is 0 Å². The summed E-state index contributed by atoms with van der Waals surface area (Å²) in [7, 11) is 1.98. The maximum Gasteiger partial charge on any atom is 0.225 e. The zero-order chi connectivity index (χ0) is 13.2. The molecule has 0 radical (unpaired) electrons. The Morgan fingerprint density at radius 1 is 1.11 bits per heavy atom. The van der Waals surface area contributed by atoms with Gasteiger partial charge < -0.3 is 9.80 Å². The molecular formula is C13H23N5S. The first-order chi connectivity index (χ1) is 9.25. The third-order valence-electron chi connectivity index (χ3n) is 4.51. The summed E-state index contributed by atoms with van der Waals surface area (Å²) >= 11 is 5.18. The molecule has 2 aliphatic rings. The Balaban J connectivity index is 1.60. The monoisotopic (exact) mass is 281 g/mol. The fraction of sp³-hybridized carbons (Fsp3) is 0.846. The molecule has 19 heavy (non-hydrogen) atoms. The van der Waals surface area contributed by atoms with Gasteiger partial charge in [-0.25, -0.2) is 5.10 Å². The second-order valence-electron chi connectivity index (χ2n) is 5.70. The van der Waals surface area contributed by atoms with Crippen molar-refractivity contribution in [3.8, 4) is 0 Å². The molecule has 6 heteroatoms. The van der Waals surface area contributed by atoms with Gasteiger partial charge in [0.05, 0.1) is 0 Å². The molecule has 0 aromatic carbocycles. The highest BCUT2D eigenvalue weighted by atomic mass is 32.1. The van der Waals surface area contributed by atoms with Crippen molar-refractivity contribution >= 4 is 18.2 Å². The van der Waals surface area contributed by atoms with E-state index in [2.05, 4.69) is 20.0 Å². The fourth-order valence-corrected chi connectivity index (χ4v) is 3.46. The number of likely N-dealkylation sites (tertiary alicyclic amines) is 1. The third kappa shape index (κ3) is 2.69. The van der Waals surface area contributed by atoms with E-state index in [0.717, 1.165) is 25.1 Å². The second-order valence-corrected chi connectivity index (χ2v) is 6.09. The van der Waals surface area contributed by atoms with E-state index in [1.54, 1.807) is 0 Å². The van der Waals surface area contributed by atoms with Crippen LogP contribution in [0.4, 0.5) is 5.95 Å². The Bertz CT molecular complexity index is 466. The summed E-state index contributed by atoms with van der Waals surface area (Å²) in [6, 6.07) is 0.781. The van der Waals surface area contributed by atoms with E-state index in [-0.39, 0.29) is 0 Å². The van der Waals surface area contributed by atoms with E-state index >= 15 is 0 Å². The normalized spacial score (nSPS) is 22.9. The summed E-state index contributed by atoms with van der Waals surface area (Å²) < 4.78 is 2.67. The standard InChI is InChI=1S/C13H23N5S/c1-16-12(14-15-13(16)19)18-9-5-11(6-10-18)17-7-3-2-4-8-17/h11H,2-10H2,1H3,(H,15,19). The lowest BCUT2D eigenvalue weighted by Crippen LogP contribution is -2.47. The van der Waals surface area contributed by atoms with Crippen LogP contribution in [0.5, 0.6) is 0 Å². The summed E-state index contributed by atoms with van der Waals surface area (Å²) in [6.07, 6.45) is 6.68. The van der Waals surface area contributed by atoms with E-state index in [9.17, 15) is 0 Å². The summed E-state index contributed by atoms with van der Waals surface area (Å²) in [5, 5.41) is 7.21. The fourth-order valence-electron chi connectivity index (χ4n) is 3.34. The van der Waals surface area contributed by atoms with Crippen LogP contribution in [0.25, 0.3) is 0 Å². The van der Waals surface area contributed by atoms with Crippen molar-refractivity contribution in [3.05, 3.63) is 4.77 Å². The molecular weight excluding hydrogens is 258 g/mol. The molecule has 0 aliphatic carbocycles. The van der Waals surface area contributed by atoms with Gasteiger partial charge >= 0.3 is 0 Å². The average Bonchev–Trinajstić information content (AvgIpc) is 2.80. The average molecular weight is 281 g/mol. The Kier molecular flexibility index (Phi) is 3.88. The van der Waals surface area contributed by atoms with E-state index in [0.29, 0.717) is 4.77 Å². The van der Waals surface area contributed by atoms with Crippen molar-refractivity contribution in [3.63, 3.8) is 0 Å². The highest BCUT2D eigenvalue weighted by Gasteiger charge is 2.26. The number of hydrogen-bond acceptors (Lipinski definition) is 4. The molecule has 106 valence electrons. The van der Waals surface area contributed by atoms with Crippen LogP contribution in [0, 0.1) is 4.77 Å². The molecule has 2 fully saturated rings. The van der Waals surface area contributed by atoms with Crippen LogP contribution in [0.1, 0.15) is 32.1 Å². The van der Waals surface area contributed by atoms with Crippen LogP contribution in [-0.2, 0) is 7.05 Å². The predicted molar refractivity (Wildman–Crippen MR) is 79.1 cm³/mol. The molecule has 0 saturated carbocycles. The number of aromatic nitrogens is 3. The number of hydrogen-bond donors (Lipinski definition) is 1. The number of anilines is 1. The van der Waals surface area contributed by atoms with Gasteiger partial charge in [-0.3, -0.25) is 4.57 Å². The lowest BCUT2D eigenvalue weighted by Gasteiger charge is -2.40. The van der Waals surface area contributed by atoms with Gasteiger partial charge in [0.2, 0.25) is 5.95 Å². The van der Waals surface area contributed by atoms with Crippen LogP contribution >= 0.6 is 12.2 Å². The first kappa shape index (κ1) is 13.1. The number of nitrogens with one attached hydrogen (secondary N) is 1. The highest BCUT2D eigenvalue weighted by Crippen LogP contribution is 2.23. The Labute approximate surface area is 119 Å². The van der Waals surface area contributed by atoms with Crippen molar-refractivity contribution in [2.75, 3.05) is 31.1 Å². The molecule has 0 bridgehead atoms. The lowest BCUT2D eigenvalue weighted by molar-refractivity contribution is 0.141. The van der Waals surface area contributed by atoms with Crippen LogP contribution in [0.15, 0.2) is 0 Å². The molecule has 3 rings (SSSR count). The van der Waals surface area contributed by atoms with Crippen molar-refractivity contribution in [1.29, 1.82) is 0 Å². The van der Waals surface area contributed by atoms with Crippen LogP contribution in [-0.4, -0.2) is 51.9 Å². The van der Waals surface area contributed by atoms with Crippen molar-refractivity contribution in [1.82, 2.24) is 19.7 Å². The summed E-state index contributed by atoms with van der Waals surface area (Å²) in [6.45, 7) is 4.79. The number of rotatable bonds is 2. The Morgan fingerprint density at radius 2 is 1.79 bits per heavy atom. The molecule has 0 atom stereocenters. The number of aromatic amines is 1. The van der Waals surface area contributed by atoms with Gasteiger partial charge in [0.15, 0.2) is 4.77 Å². The molecule has 5 nitrogen and oxygen atoms in total. The van der Waals surface area contributed by atoms with E-state index in [4.69, 9.17) is 12.2 Å². The largest absolute Gasteiger partial charge is 0.341 e. The van der Waals surface area contributed by atoms with Gasteiger partial charge in [-0.05, 0) is 51.0 Å². The molecule has 3 heterocycles. The first-order valence-electron chi connectivity index (χ1n) is 7.36. The zero-order valence-electron chi connectivity index (χ0n) is 11.6. The van der Waals surface area contributed by atoms with Gasteiger partial charge in [0.1, 0.15) is 0 Å². The van der Waals surface area contributed by atoms with Gasteiger partial charge in [-0.2, -0.15) is 0 Å². The quantitative estimate of drug-likeness (QED) is 0.841. The van der Waals surface area contributed by atoms with Crippen LogP contribution in [0.2, 0.25) is 0 Å². The smallest absolute Gasteiger partial charge is 0.225 e. The van der Waals surface area contributed by atoms with Gasteiger partial charge in [-0.15, -0.1) is 5.10 Å². The first-order valence-corrected chi connectivity index (χ1v) is 7.77. The Morgan fingerprint density at radius 3 is 2.37 bits per heavy atom. The predicted octanol–water partition coefficient (Wildman–Crippen LogP) is 1.93. The number of H-pyrrole nitrogens is 1. The van der Waals surface area contributed by atoms with E-state index in [1.165, 1.54) is 45.2 Å². The molecule has 1 N–H and O–H groups in total. The topological polar surface area (TPSA) is 40.1 Å². The minimum absolute atomic E-state index is 0.702. The number of piperidine rings is 2. The molecule has 0 amide bonds. The molecule has 2 saturated heterocycles. The molecule has 1 aromatic rings. The molecule has 0 unspecified atom stereocenters. The van der Waals surface area contributed by atoms with Gasteiger partial charge in [-0.1, -0.05) is 6.42 Å². The Hall–Kier alpha value is -0.880. The van der Waals surface area contributed by atoms with Crippen LogP contribution in [0.3, 0.4) is 0 Å². The minimum atomic E-state index is 0.702. The minimum Gasteiger partial charge on any atom is -0.341 e. The summed E-state index contributed by atoms with van der Waals surface area (Å²) in [4.78, 5) is 5.05. The maximum atomic E-state index is 5.18. The SMILES string of the molecule is Cn1c(N2CCC(N3CCCCC3)CC2)n[nH]c1=S. The van der Waals surface area contributed by atoms with Crippen molar-refractivity contribution in [2.24, 2.45) is 7.05 Å². The maximum absolute atomic E-state index is 5.18. The highest BCUT2D eigenvalue weighted by molar-refractivity contribution is 7.71. The third-order valence-corrected chi connectivity index (χ3v) is 4.88. The van der Waals surface area contributed by atoms with Gasteiger partial charge in [0, 0.05) is 26.2 Å². The van der Waals surface area contributed by atoms with E-state index < -0.39 is 0 Å². The van der Waals surface area contributed by atoms with Crippen molar-refractivity contribution < 1.29 is 0 Å². The van der Waals surface area contributed by atoms with E-state index in [1.807, 2.05) is 11.6 Å². The zero-order valence-corrected chi connectivity index (χ0v) is 12.5. The lowest BCUT2D eigenvalue weighted by atomic mass is 10.0. The van der Waals surface area contributed by atoms with Crippen LogP contribution < -0.4 is 4.90 Å². The second kappa shape index (κ2) is 5.63. The molecule has 1 aromatic heterocycles.